The fourth-order valence-electron chi connectivity index (χ4n) is 8.60. The number of carbonyl (C=O) groups is 1. The van der Waals surface area contributed by atoms with E-state index in [2.05, 4.69) is 59.7 Å². The topological polar surface area (TPSA) is 77.8 Å². The van der Waals surface area contributed by atoms with Gasteiger partial charge in [0.05, 0.1) is 23.1 Å². The molecule has 10 heteroatoms. The Labute approximate surface area is 287 Å². The summed E-state index contributed by atoms with van der Waals surface area (Å²) >= 11 is 0. The van der Waals surface area contributed by atoms with Gasteiger partial charge >= 0.3 is 0 Å². The van der Waals surface area contributed by atoms with Gasteiger partial charge in [-0.1, -0.05) is 0 Å². The van der Waals surface area contributed by atoms with Crippen LogP contribution < -0.4 is 15.2 Å². The van der Waals surface area contributed by atoms with Crippen molar-refractivity contribution in [2.24, 2.45) is 5.92 Å². The van der Waals surface area contributed by atoms with Gasteiger partial charge in [0.1, 0.15) is 5.82 Å². The Morgan fingerprint density at radius 2 is 1.80 bits per heavy atom. The average Bonchev–Trinajstić information content (AvgIpc) is 3.88. The summed E-state index contributed by atoms with van der Waals surface area (Å²) in [4.78, 5) is 43.7. The summed E-state index contributed by atoms with van der Waals surface area (Å²) in [6, 6.07) is 12.6. The minimum absolute atomic E-state index is 0.0835. The Morgan fingerprint density at radius 1 is 0.918 bits per heavy atom. The number of aryl methyl sites for hydroxylation is 2. The van der Waals surface area contributed by atoms with Crippen LogP contribution in [-0.4, -0.2) is 75.6 Å². The van der Waals surface area contributed by atoms with Crippen LogP contribution in [0.4, 0.5) is 15.8 Å². The molecule has 3 unspecified atom stereocenters. The Bertz CT molecular complexity index is 1910. The molecule has 3 saturated heterocycles. The molecule has 256 valence electrons. The maximum atomic E-state index is 16.1. The van der Waals surface area contributed by atoms with Crippen molar-refractivity contribution in [2.75, 3.05) is 42.5 Å². The van der Waals surface area contributed by atoms with Crippen molar-refractivity contribution < 1.29 is 9.18 Å². The van der Waals surface area contributed by atoms with Crippen molar-refractivity contribution in [3.8, 4) is 0 Å². The van der Waals surface area contributed by atoms with E-state index in [0.717, 1.165) is 93.7 Å². The van der Waals surface area contributed by atoms with Crippen LogP contribution >= 0.6 is 0 Å². The number of nitrogens with zero attached hydrogens (tertiary/aromatic N) is 7. The number of piperidine rings is 2. The fraction of sp³-hybridized carbons (Fsp3) is 0.487. The molecule has 49 heavy (non-hydrogen) atoms. The third-order valence-corrected chi connectivity index (χ3v) is 11.4. The van der Waals surface area contributed by atoms with Crippen LogP contribution in [-0.2, 0) is 17.9 Å². The number of hydrogen-bond donors (Lipinski definition) is 0. The Balaban J connectivity index is 1.12. The third-order valence-electron chi connectivity index (χ3n) is 11.4. The molecule has 4 aromatic rings. The zero-order chi connectivity index (χ0) is 33.6. The van der Waals surface area contributed by atoms with Gasteiger partial charge in [0.15, 0.2) is 5.43 Å². The zero-order valence-corrected chi connectivity index (χ0v) is 28.6. The lowest BCUT2D eigenvalue weighted by molar-refractivity contribution is -0.119. The van der Waals surface area contributed by atoms with Gasteiger partial charge < -0.3 is 19.3 Å². The number of anilines is 2. The van der Waals surface area contributed by atoms with Crippen LogP contribution in [0.5, 0.6) is 0 Å². The molecule has 8 rings (SSSR count). The number of pyridine rings is 3. The van der Waals surface area contributed by atoms with E-state index in [9.17, 15) is 9.59 Å². The highest BCUT2D eigenvalue weighted by atomic mass is 19.1. The number of amides is 1. The Hall–Kier alpha value is -4.31. The first-order valence-electron chi connectivity index (χ1n) is 18.0. The van der Waals surface area contributed by atoms with Gasteiger partial charge in [0.25, 0.3) is 0 Å². The maximum absolute atomic E-state index is 16.1. The molecule has 1 aromatic carbocycles. The molecule has 6 heterocycles. The van der Waals surface area contributed by atoms with Gasteiger partial charge in [0, 0.05) is 98.7 Å². The number of aromatic nitrogens is 3. The van der Waals surface area contributed by atoms with Crippen LogP contribution in [0.1, 0.15) is 67.1 Å². The van der Waals surface area contributed by atoms with E-state index >= 15 is 4.39 Å². The largest absolute Gasteiger partial charge is 0.369 e. The lowest BCUT2D eigenvalue weighted by Gasteiger charge is -2.40. The Morgan fingerprint density at radius 3 is 2.57 bits per heavy atom. The quantitative estimate of drug-likeness (QED) is 0.216. The summed E-state index contributed by atoms with van der Waals surface area (Å²) in [5.41, 5.74) is 6.29. The van der Waals surface area contributed by atoms with E-state index in [-0.39, 0.29) is 23.3 Å². The predicted octanol–water partition coefficient (Wildman–Crippen LogP) is 5.61. The molecule has 0 N–H and O–H groups in total. The summed E-state index contributed by atoms with van der Waals surface area (Å²) in [7, 11) is 0. The molecular formula is C39H46FN7O2. The summed E-state index contributed by atoms with van der Waals surface area (Å²) in [5, 5.41) is 0.462. The smallest absolute Gasteiger partial charge is 0.209 e. The summed E-state index contributed by atoms with van der Waals surface area (Å²) in [6.45, 7) is 9.22. The van der Waals surface area contributed by atoms with E-state index < -0.39 is 0 Å². The minimum Gasteiger partial charge on any atom is -0.369 e. The predicted molar refractivity (Wildman–Crippen MR) is 190 cm³/mol. The van der Waals surface area contributed by atoms with Crippen molar-refractivity contribution in [1.29, 1.82) is 0 Å². The van der Waals surface area contributed by atoms with Crippen molar-refractivity contribution in [3.05, 3.63) is 93.5 Å². The normalized spacial score (nSPS) is 22.6. The molecular weight excluding hydrogens is 617 g/mol. The SMILES string of the molecule is Cc1ccc(N2CCCC(N(Cc3ccnc(C)c3)Cc3cn(C4CC4)c4cc(N5CCC6C(CCN6C=O)C5)c(F)cc4c3=O)C2)cn1. The van der Waals surface area contributed by atoms with E-state index in [4.69, 9.17) is 0 Å². The van der Waals surface area contributed by atoms with Crippen LogP contribution in [0.25, 0.3) is 10.9 Å². The first kappa shape index (κ1) is 31.9. The van der Waals surface area contributed by atoms with Gasteiger partial charge in [-0.05, 0) is 100 Å². The van der Waals surface area contributed by atoms with Crippen LogP contribution in [0.3, 0.4) is 0 Å². The highest BCUT2D eigenvalue weighted by Crippen LogP contribution is 2.40. The molecule has 0 spiro atoms. The number of likely N-dealkylation sites (tertiary alicyclic amines) is 1. The molecule has 3 atom stereocenters. The van der Waals surface area contributed by atoms with Crippen LogP contribution in [0.15, 0.2) is 59.8 Å². The van der Waals surface area contributed by atoms with E-state index in [0.29, 0.717) is 48.2 Å². The van der Waals surface area contributed by atoms with Crippen molar-refractivity contribution >= 4 is 28.7 Å². The van der Waals surface area contributed by atoms with Gasteiger partial charge in [-0.15, -0.1) is 0 Å². The third kappa shape index (κ3) is 6.43. The zero-order valence-electron chi connectivity index (χ0n) is 28.6. The molecule has 4 aliphatic rings. The molecule has 3 aliphatic heterocycles. The second-order valence-corrected chi connectivity index (χ2v) is 14.7. The first-order valence-corrected chi connectivity index (χ1v) is 18.0. The number of benzene rings is 1. The van der Waals surface area contributed by atoms with Crippen molar-refractivity contribution in [2.45, 2.75) is 83.6 Å². The Kier molecular flexibility index (Phi) is 8.60. The number of rotatable bonds is 9. The summed E-state index contributed by atoms with van der Waals surface area (Å²) in [5.74, 6) is 0.00160. The van der Waals surface area contributed by atoms with E-state index in [1.165, 1.54) is 11.6 Å². The van der Waals surface area contributed by atoms with Crippen LogP contribution in [0.2, 0.25) is 0 Å². The van der Waals surface area contributed by atoms with E-state index in [1.54, 1.807) is 0 Å². The molecule has 1 aliphatic carbocycles. The van der Waals surface area contributed by atoms with Crippen molar-refractivity contribution in [3.63, 3.8) is 0 Å². The van der Waals surface area contributed by atoms with Gasteiger partial charge in [-0.2, -0.15) is 0 Å². The molecule has 0 radical (unpaired) electrons. The fourth-order valence-corrected chi connectivity index (χ4v) is 8.60. The highest BCUT2D eigenvalue weighted by molar-refractivity contribution is 5.84. The average molecular weight is 664 g/mol. The van der Waals surface area contributed by atoms with E-state index in [1.807, 2.05) is 37.2 Å². The van der Waals surface area contributed by atoms with Gasteiger partial charge in [0.2, 0.25) is 6.41 Å². The summed E-state index contributed by atoms with van der Waals surface area (Å²) in [6.07, 6.45) is 12.8. The number of fused-ring (bicyclic) bond motifs is 2. The lowest BCUT2D eigenvalue weighted by Crippen LogP contribution is -2.48. The minimum atomic E-state index is -0.341. The molecule has 1 saturated carbocycles. The number of carbonyl (C=O) groups excluding carboxylic acids is 1. The van der Waals surface area contributed by atoms with Gasteiger partial charge in [-0.25, -0.2) is 4.39 Å². The second-order valence-electron chi connectivity index (χ2n) is 14.7. The first-order chi connectivity index (χ1) is 23.8. The molecule has 0 bridgehead atoms. The molecule has 3 aromatic heterocycles. The highest BCUT2D eigenvalue weighted by Gasteiger charge is 2.38. The van der Waals surface area contributed by atoms with Crippen molar-refractivity contribution in [1.82, 2.24) is 24.3 Å². The lowest BCUT2D eigenvalue weighted by atomic mass is 9.92. The number of halogens is 1. The molecule has 4 fully saturated rings. The monoisotopic (exact) mass is 663 g/mol. The van der Waals surface area contributed by atoms with Gasteiger partial charge in [-0.3, -0.25) is 24.5 Å². The molecule has 9 nitrogen and oxygen atoms in total. The summed E-state index contributed by atoms with van der Waals surface area (Å²) < 4.78 is 18.3. The maximum Gasteiger partial charge on any atom is 0.209 e. The second kappa shape index (κ2) is 13.2. The standard InChI is InChI=1S/C39H46FN7O2/c1-26-5-6-32(19-42-26)43-13-3-4-33(24-43)46(20-28-9-12-41-27(2)16-28)22-30-23-47(31-7-8-31)37-18-38(35(40)17-34(37)39(30)49)44-15-11-36-29(21-44)10-14-45(36)25-48/h5-6,9,12,16-19,23,25,29,31,33,36H,3-4,7-8,10-11,13-15,20-22,24H2,1-2H3. The van der Waals surface area contributed by atoms with Crippen LogP contribution in [0, 0.1) is 25.6 Å². The number of hydrogen-bond acceptors (Lipinski definition) is 7. The molecule has 1 amide bonds.